The van der Waals surface area contributed by atoms with E-state index in [-0.39, 0.29) is 6.04 Å². The number of hydrogen-bond acceptors (Lipinski definition) is 4. The van der Waals surface area contributed by atoms with E-state index in [0.29, 0.717) is 23.7 Å². The van der Waals surface area contributed by atoms with Gasteiger partial charge in [0.2, 0.25) is 10.0 Å². The highest BCUT2D eigenvalue weighted by Crippen LogP contribution is 2.25. The van der Waals surface area contributed by atoms with E-state index in [9.17, 15) is 8.42 Å². The first-order valence-corrected chi connectivity index (χ1v) is 7.79. The van der Waals surface area contributed by atoms with Crippen LogP contribution in [-0.4, -0.2) is 39.0 Å². The van der Waals surface area contributed by atoms with Crippen LogP contribution in [0.2, 0.25) is 0 Å². The largest absolute Gasteiger partial charge is 0.496 e. The molecular formula is C13H20N2O3S. The van der Waals surface area contributed by atoms with Gasteiger partial charge in [0.1, 0.15) is 5.75 Å². The first-order chi connectivity index (χ1) is 8.95. The minimum atomic E-state index is -3.44. The zero-order chi connectivity index (χ0) is 14.0. The molecule has 5 nitrogen and oxygen atoms in total. The fourth-order valence-electron chi connectivity index (χ4n) is 2.35. The van der Waals surface area contributed by atoms with Crippen molar-refractivity contribution in [1.29, 1.82) is 0 Å². The maximum atomic E-state index is 12.5. The second kappa shape index (κ2) is 5.48. The van der Waals surface area contributed by atoms with E-state index >= 15 is 0 Å². The molecule has 1 unspecified atom stereocenters. The van der Waals surface area contributed by atoms with Gasteiger partial charge >= 0.3 is 0 Å². The van der Waals surface area contributed by atoms with Crippen molar-refractivity contribution < 1.29 is 13.2 Å². The number of nitrogens with two attached hydrogens (primary N) is 1. The fourth-order valence-corrected chi connectivity index (χ4v) is 3.97. The number of piperidine rings is 1. The third-order valence-electron chi connectivity index (χ3n) is 3.42. The van der Waals surface area contributed by atoms with Crippen molar-refractivity contribution in [3.05, 3.63) is 23.8 Å². The van der Waals surface area contributed by atoms with Crippen molar-refractivity contribution in [3.63, 3.8) is 0 Å². The third kappa shape index (κ3) is 2.91. The molecular weight excluding hydrogens is 264 g/mol. The molecule has 0 amide bonds. The van der Waals surface area contributed by atoms with Crippen LogP contribution in [0.1, 0.15) is 18.4 Å². The van der Waals surface area contributed by atoms with Crippen LogP contribution in [0, 0.1) is 6.92 Å². The first-order valence-electron chi connectivity index (χ1n) is 6.35. The molecule has 0 bridgehead atoms. The molecule has 1 aromatic carbocycles. The normalized spacial score (nSPS) is 21.3. The fraction of sp³-hybridized carbons (Fsp3) is 0.538. The average Bonchev–Trinajstić information content (AvgIpc) is 2.38. The van der Waals surface area contributed by atoms with Gasteiger partial charge in [-0.3, -0.25) is 0 Å². The summed E-state index contributed by atoms with van der Waals surface area (Å²) in [7, 11) is -1.88. The van der Waals surface area contributed by atoms with Crippen molar-refractivity contribution in [2.45, 2.75) is 30.7 Å². The number of benzene rings is 1. The first kappa shape index (κ1) is 14.3. The van der Waals surface area contributed by atoms with E-state index in [4.69, 9.17) is 10.5 Å². The summed E-state index contributed by atoms with van der Waals surface area (Å²) in [6.45, 7) is 2.77. The van der Waals surface area contributed by atoms with Crippen LogP contribution in [0.25, 0.3) is 0 Å². The van der Waals surface area contributed by atoms with Crippen LogP contribution < -0.4 is 10.5 Å². The zero-order valence-corrected chi connectivity index (χ0v) is 12.1. The summed E-state index contributed by atoms with van der Waals surface area (Å²) in [5, 5.41) is 0. The van der Waals surface area contributed by atoms with E-state index in [2.05, 4.69) is 0 Å². The van der Waals surface area contributed by atoms with Crippen molar-refractivity contribution >= 4 is 10.0 Å². The summed E-state index contributed by atoms with van der Waals surface area (Å²) in [4.78, 5) is 0.305. The van der Waals surface area contributed by atoms with Crippen molar-refractivity contribution in [2.75, 3.05) is 20.2 Å². The second-order valence-corrected chi connectivity index (χ2v) is 6.83. The lowest BCUT2D eigenvalue weighted by Crippen LogP contribution is -2.45. The van der Waals surface area contributed by atoms with Crippen LogP contribution >= 0.6 is 0 Å². The van der Waals surface area contributed by atoms with Gasteiger partial charge in [-0.05, 0) is 43.5 Å². The molecule has 1 aliphatic heterocycles. The Kier molecular flexibility index (Phi) is 4.13. The van der Waals surface area contributed by atoms with Gasteiger partial charge in [-0.1, -0.05) is 0 Å². The lowest BCUT2D eigenvalue weighted by atomic mass is 10.1. The summed E-state index contributed by atoms with van der Waals surface area (Å²) in [5.41, 5.74) is 6.66. The molecule has 1 fully saturated rings. The van der Waals surface area contributed by atoms with Gasteiger partial charge in [0.15, 0.2) is 0 Å². The summed E-state index contributed by atoms with van der Waals surface area (Å²) < 4.78 is 31.6. The van der Waals surface area contributed by atoms with Crippen LogP contribution in [0.3, 0.4) is 0 Å². The number of rotatable bonds is 3. The Morgan fingerprint density at radius 1 is 1.42 bits per heavy atom. The number of nitrogens with zero attached hydrogens (tertiary/aromatic N) is 1. The Balaban J connectivity index is 2.31. The lowest BCUT2D eigenvalue weighted by Gasteiger charge is -2.30. The molecule has 0 aromatic heterocycles. The van der Waals surface area contributed by atoms with Gasteiger partial charge in [0.05, 0.1) is 12.0 Å². The molecule has 1 heterocycles. The molecule has 2 N–H and O–H groups in total. The standard InChI is InChI=1S/C13H20N2O3S/c1-10-8-12(5-6-13(10)18-2)19(16,17)15-7-3-4-11(14)9-15/h5-6,8,11H,3-4,7,9,14H2,1-2H3. The Bertz CT molecular complexity index is 557. The molecule has 1 aliphatic rings. The summed E-state index contributed by atoms with van der Waals surface area (Å²) in [5.74, 6) is 0.689. The maximum Gasteiger partial charge on any atom is 0.243 e. The lowest BCUT2D eigenvalue weighted by molar-refractivity contribution is 0.316. The predicted molar refractivity (Wildman–Crippen MR) is 73.7 cm³/mol. The highest BCUT2D eigenvalue weighted by atomic mass is 32.2. The Morgan fingerprint density at radius 2 is 2.16 bits per heavy atom. The quantitative estimate of drug-likeness (QED) is 0.902. The topological polar surface area (TPSA) is 72.6 Å². The number of methoxy groups -OCH3 is 1. The van der Waals surface area contributed by atoms with Crippen molar-refractivity contribution in [3.8, 4) is 5.75 Å². The average molecular weight is 284 g/mol. The molecule has 2 rings (SSSR count). The molecule has 0 saturated carbocycles. The molecule has 6 heteroatoms. The zero-order valence-electron chi connectivity index (χ0n) is 11.3. The van der Waals surface area contributed by atoms with E-state index in [1.165, 1.54) is 4.31 Å². The summed E-state index contributed by atoms with van der Waals surface area (Å²) in [6, 6.07) is 4.85. The van der Waals surface area contributed by atoms with Crippen molar-refractivity contribution in [2.24, 2.45) is 5.73 Å². The minimum Gasteiger partial charge on any atom is -0.496 e. The number of ether oxygens (including phenoxy) is 1. The third-order valence-corrected chi connectivity index (χ3v) is 5.29. The predicted octanol–water partition coefficient (Wildman–Crippen LogP) is 1.12. The van der Waals surface area contributed by atoms with E-state index in [0.717, 1.165) is 18.4 Å². The van der Waals surface area contributed by atoms with Crippen LogP contribution in [0.5, 0.6) is 5.75 Å². The molecule has 1 saturated heterocycles. The van der Waals surface area contributed by atoms with Crippen LogP contribution in [-0.2, 0) is 10.0 Å². The highest BCUT2D eigenvalue weighted by molar-refractivity contribution is 7.89. The molecule has 106 valence electrons. The van der Waals surface area contributed by atoms with Crippen LogP contribution in [0.4, 0.5) is 0 Å². The molecule has 0 aliphatic carbocycles. The van der Waals surface area contributed by atoms with Crippen LogP contribution in [0.15, 0.2) is 23.1 Å². The van der Waals surface area contributed by atoms with Gasteiger partial charge in [-0.15, -0.1) is 0 Å². The number of hydrogen-bond donors (Lipinski definition) is 1. The van der Waals surface area contributed by atoms with E-state index in [1.807, 2.05) is 6.92 Å². The van der Waals surface area contributed by atoms with Gasteiger partial charge in [-0.25, -0.2) is 8.42 Å². The monoisotopic (exact) mass is 284 g/mol. The highest BCUT2D eigenvalue weighted by Gasteiger charge is 2.29. The van der Waals surface area contributed by atoms with Gasteiger partial charge < -0.3 is 10.5 Å². The molecule has 1 atom stereocenters. The Hall–Kier alpha value is -1.11. The molecule has 1 aromatic rings. The second-order valence-electron chi connectivity index (χ2n) is 4.90. The Morgan fingerprint density at radius 3 is 2.74 bits per heavy atom. The smallest absolute Gasteiger partial charge is 0.243 e. The molecule has 19 heavy (non-hydrogen) atoms. The maximum absolute atomic E-state index is 12.5. The minimum absolute atomic E-state index is 0.0668. The summed E-state index contributed by atoms with van der Waals surface area (Å²) in [6.07, 6.45) is 1.70. The Labute approximate surface area is 114 Å². The number of aryl methyl sites for hydroxylation is 1. The van der Waals surface area contributed by atoms with E-state index in [1.54, 1.807) is 25.3 Å². The SMILES string of the molecule is COc1ccc(S(=O)(=O)N2CCCC(N)C2)cc1C. The van der Waals surface area contributed by atoms with Gasteiger partial charge in [0.25, 0.3) is 0 Å². The van der Waals surface area contributed by atoms with Crippen molar-refractivity contribution in [1.82, 2.24) is 4.31 Å². The van der Waals surface area contributed by atoms with E-state index < -0.39 is 10.0 Å². The number of sulfonamides is 1. The molecule has 0 radical (unpaired) electrons. The summed E-state index contributed by atoms with van der Waals surface area (Å²) >= 11 is 0. The van der Waals surface area contributed by atoms with Gasteiger partial charge in [0, 0.05) is 19.1 Å². The molecule has 0 spiro atoms. The van der Waals surface area contributed by atoms with Gasteiger partial charge in [-0.2, -0.15) is 4.31 Å².